The first-order valence-corrected chi connectivity index (χ1v) is 11.9. The van der Waals surface area contributed by atoms with Gasteiger partial charge in [0, 0.05) is 12.2 Å². The van der Waals surface area contributed by atoms with Gasteiger partial charge in [-0.2, -0.15) is 0 Å². The molecule has 3 aromatic carbocycles. The first-order chi connectivity index (χ1) is 17.9. The molecule has 3 aromatic rings. The topological polar surface area (TPSA) is 105 Å². The zero-order chi connectivity index (χ0) is 26.4. The van der Waals surface area contributed by atoms with E-state index in [2.05, 4.69) is 10.6 Å². The number of esters is 1. The number of hydrogen-bond acceptors (Lipinski definition) is 6. The van der Waals surface area contributed by atoms with Crippen LogP contribution >= 0.6 is 11.6 Å². The van der Waals surface area contributed by atoms with E-state index in [-0.39, 0.29) is 34.3 Å². The van der Waals surface area contributed by atoms with E-state index in [4.69, 9.17) is 16.3 Å². The molecule has 0 saturated heterocycles. The summed E-state index contributed by atoms with van der Waals surface area (Å²) in [5.74, 6) is -2.05. The molecule has 9 heteroatoms. The Kier molecular flexibility index (Phi) is 8.00. The van der Waals surface area contributed by atoms with Gasteiger partial charge in [0.2, 0.25) is 5.91 Å². The molecule has 3 amide bonds. The molecular formula is C28H24ClN3O5. The zero-order valence-corrected chi connectivity index (χ0v) is 20.7. The van der Waals surface area contributed by atoms with Gasteiger partial charge in [-0.05, 0) is 47.9 Å². The predicted octanol–water partition coefficient (Wildman–Crippen LogP) is 3.81. The first-order valence-electron chi connectivity index (χ1n) is 11.5. The Morgan fingerprint density at radius 3 is 2.32 bits per heavy atom. The zero-order valence-electron chi connectivity index (χ0n) is 20.0. The molecule has 188 valence electrons. The summed E-state index contributed by atoms with van der Waals surface area (Å²) < 4.78 is 4.70. The number of nitrogens with one attached hydrogen (secondary N) is 2. The number of carbonyl (C=O) groups is 4. The Labute approximate surface area is 218 Å². The molecule has 8 nitrogen and oxygen atoms in total. The number of rotatable bonds is 9. The Morgan fingerprint density at radius 2 is 1.62 bits per heavy atom. The maximum absolute atomic E-state index is 13.0. The van der Waals surface area contributed by atoms with E-state index in [1.807, 2.05) is 30.3 Å². The van der Waals surface area contributed by atoms with Crippen LogP contribution in [-0.2, 0) is 32.0 Å². The SMILES string of the molecule is COC(=O)c1cccc(N2C(=O)C(Cl)=C(Nc3ccc(CC(=O)NCCc4ccccc4)cc3)C2=O)c1. The number of benzene rings is 3. The molecule has 0 bridgehead atoms. The molecule has 1 aliphatic heterocycles. The molecule has 0 saturated carbocycles. The molecule has 0 aromatic heterocycles. The molecule has 4 rings (SSSR count). The summed E-state index contributed by atoms with van der Waals surface area (Å²) in [6, 6.07) is 22.8. The highest BCUT2D eigenvalue weighted by molar-refractivity contribution is 6.53. The number of imide groups is 1. The molecule has 0 radical (unpaired) electrons. The highest BCUT2D eigenvalue weighted by Crippen LogP contribution is 2.30. The maximum Gasteiger partial charge on any atom is 0.337 e. The minimum Gasteiger partial charge on any atom is -0.465 e. The third kappa shape index (κ3) is 6.05. The van der Waals surface area contributed by atoms with Crippen LogP contribution < -0.4 is 15.5 Å². The molecule has 0 atom stereocenters. The van der Waals surface area contributed by atoms with Crippen molar-refractivity contribution in [2.24, 2.45) is 0 Å². The average molecular weight is 518 g/mol. The lowest BCUT2D eigenvalue weighted by Crippen LogP contribution is -2.32. The maximum atomic E-state index is 13.0. The highest BCUT2D eigenvalue weighted by Gasteiger charge is 2.39. The van der Waals surface area contributed by atoms with Crippen molar-refractivity contribution in [1.29, 1.82) is 0 Å². The number of amides is 3. The van der Waals surface area contributed by atoms with Crippen LogP contribution in [0.15, 0.2) is 89.6 Å². The highest BCUT2D eigenvalue weighted by atomic mass is 35.5. The van der Waals surface area contributed by atoms with Crippen LogP contribution in [0.5, 0.6) is 0 Å². The third-order valence-electron chi connectivity index (χ3n) is 5.72. The van der Waals surface area contributed by atoms with Crippen molar-refractivity contribution in [3.05, 3.63) is 106 Å². The average Bonchev–Trinajstić information content (AvgIpc) is 3.12. The molecule has 0 fully saturated rings. The molecule has 1 heterocycles. The van der Waals surface area contributed by atoms with Gasteiger partial charge in [0.1, 0.15) is 10.7 Å². The van der Waals surface area contributed by atoms with Crippen LogP contribution in [0.2, 0.25) is 0 Å². The fourth-order valence-corrected chi connectivity index (χ4v) is 4.04. The second-order valence-electron chi connectivity index (χ2n) is 8.26. The number of carbonyl (C=O) groups excluding carboxylic acids is 4. The smallest absolute Gasteiger partial charge is 0.337 e. The van der Waals surface area contributed by atoms with Crippen molar-refractivity contribution in [3.8, 4) is 0 Å². The summed E-state index contributed by atoms with van der Waals surface area (Å²) in [5, 5.41) is 5.54. The monoisotopic (exact) mass is 517 g/mol. The van der Waals surface area contributed by atoms with Crippen molar-refractivity contribution in [2.45, 2.75) is 12.8 Å². The summed E-state index contributed by atoms with van der Waals surface area (Å²) in [7, 11) is 1.24. The van der Waals surface area contributed by atoms with Crippen LogP contribution in [0, 0.1) is 0 Å². The fourth-order valence-electron chi connectivity index (χ4n) is 3.82. The lowest BCUT2D eigenvalue weighted by Gasteiger charge is -2.16. The quantitative estimate of drug-likeness (QED) is 0.330. The van der Waals surface area contributed by atoms with Crippen LogP contribution in [0.25, 0.3) is 0 Å². The van der Waals surface area contributed by atoms with Gasteiger partial charge in [0.05, 0.1) is 24.8 Å². The van der Waals surface area contributed by atoms with Crippen molar-refractivity contribution < 1.29 is 23.9 Å². The number of methoxy groups -OCH3 is 1. The standard InChI is InChI=1S/C28H24ClN3O5/c1-37-28(36)20-8-5-9-22(17-20)32-26(34)24(29)25(27(32)35)31-21-12-10-19(11-13-21)16-23(33)30-15-14-18-6-3-2-4-7-18/h2-13,17,31H,14-16H2,1H3,(H,30,33). The normalized spacial score (nSPS) is 13.1. The Hall–Kier alpha value is -4.43. The van der Waals surface area contributed by atoms with E-state index in [0.717, 1.165) is 22.4 Å². The number of halogens is 1. The molecule has 37 heavy (non-hydrogen) atoms. The van der Waals surface area contributed by atoms with Gasteiger partial charge < -0.3 is 15.4 Å². The number of hydrogen-bond donors (Lipinski definition) is 2. The largest absolute Gasteiger partial charge is 0.465 e. The summed E-state index contributed by atoms with van der Waals surface area (Å²) in [4.78, 5) is 50.8. The summed E-state index contributed by atoms with van der Waals surface area (Å²) in [6.45, 7) is 0.546. The molecule has 0 spiro atoms. The van der Waals surface area contributed by atoms with Gasteiger partial charge in [0.15, 0.2) is 0 Å². The van der Waals surface area contributed by atoms with Crippen molar-refractivity contribution in [1.82, 2.24) is 5.32 Å². The van der Waals surface area contributed by atoms with Gasteiger partial charge >= 0.3 is 5.97 Å². The Morgan fingerprint density at radius 1 is 0.892 bits per heavy atom. The Balaban J connectivity index is 1.36. The lowest BCUT2D eigenvalue weighted by molar-refractivity contribution is -0.121. The van der Waals surface area contributed by atoms with Crippen molar-refractivity contribution in [3.63, 3.8) is 0 Å². The second kappa shape index (κ2) is 11.5. The van der Waals surface area contributed by atoms with E-state index in [1.54, 1.807) is 24.3 Å². The summed E-state index contributed by atoms with van der Waals surface area (Å²) in [6.07, 6.45) is 0.961. The van der Waals surface area contributed by atoms with Gasteiger partial charge in [-0.15, -0.1) is 0 Å². The van der Waals surface area contributed by atoms with Gasteiger partial charge in [-0.1, -0.05) is 60.1 Å². The number of anilines is 2. The van der Waals surface area contributed by atoms with E-state index in [0.29, 0.717) is 12.2 Å². The number of nitrogens with zero attached hydrogens (tertiary/aromatic N) is 1. The molecule has 1 aliphatic rings. The minimum atomic E-state index is -0.708. The molecule has 2 N–H and O–H groups in total. The van der Waals surface area contributed by atoms with Gasteiger partial charge in [0.25, 0.3) is 11.8 Å². The fraction of sp³-hybridized carbons (Fsp3) is 0.143. The van der Waals surface area contributed by atoms with Crippen LogP contribution in [-0.4, -0.2) is 37.3 Å². The minimum absolute atomic E-state index is 0.0819. The predicted molar refractivity (Wildman–Crippen MR) is 140 cm³/mol. The van der Waals surface area contributed by atoms with E-state index in [1.165, 1.54) is 31.4 Å². The summed E-state index contributed by atoms with van der Waals surface area (Å²) >= 11 is 6.20. The van der Waals surface area contributed by atoms with Crippen LogP contribution in [0.1, 0.15) is 21.5 Å². The second-order valence-corrected chi connectivity index (χ2v) is 8.64. The third-order valence-corrected chi connectivity index (χ3v) is 6.07. The van der Waals surface area contributed by atoms with E-state index in [9.17, 15) is 19.2 Å². The number of ether oxygens (including phenoxy) is 1. The van der Waals surface area contributed by atoms with E-state index >= 15 is 0 Å². The van der Waals surface area contributed by atoms with Gasteiger partial charge in [-0.25, -0.2) is 9.69 Å². The van der Waals surface area contributed by atoms with Crippen LogP contribution in [0.4, 0.5) is 11.4 Å². The first kappa shape index (κ1) is 25.7. The van der Waals surface area contributed by atoms with Crippen molar-refractivity contribution >= 4 is 46.7 Å². The molecule has 0 aliphatic carbocycles. The molecule has 0 unspecified atom stereocenters. The Bertz CT molecular complexity index is 1370. The lowest BCUT2D eigenvalue weighted by atomic mass is 10.1. The van der Waals surface area contributed by atoms with E-state index < -0.39 is 17.8 Å². The van der Waals surface area contributed by atoms with Crippen molar-refractivity contribution in [2.75, 3.05) is 23.9 Å². The van der Waals surface area contributed by atoms with Gasteiger partial charge in [-0.3, -0.25) is 14.4 Å². The van der Waals surface area contributed by atoms with Crippen LogP contribution in [0.3, 0.4) is 0 Å². The summed E-state index contributed by atoms with van der Waals surface area (Å²) in [5.41, 5.74) is 2.77. The molecular weight excluding hydrogens is 494 g/mol.